The van der Waals surface area contributed by atoms with Crippen molar-refractivity contribution < 1.29 is 26.7 Å². The van der Waals surface area contributed by atoms with Gasteiger partial charge in [0.2, 0.25) is 0 Å². The van der Waals surface area contributed by atoms with Gasteiger partial charge in [0.1, 0.15) is 12.6 Å². The van der Waals surface area contributed by atoms with Crippen LogP contribution in [0.25, 0.3) is 0 Å². The zero-order valence-electron chi connectivity index (χ0n) is 3.69. The minimum Gasteiger partial charge on any atom is -0.303 e. The van der Waals surface area contributed by atoms with Crippen LogP contribution in [0.3, 0.4) is 0 Å². The van der Waals surface area contributed by atoms with Gasteiger partial charge in [0.25, 0.3) is 0 Å². The average Bonchev–Trinajstić information content (AvgIpc) is 1.61. The first-order valence-electron chi connectivity index (χ1n) is 1.79. The van der Waals surface area contributed by atoms with Crippen molar-refractivity contribution >= 4 is 12.6 Å². The minimum absolute atomic E-state index is 0. The van der Waals surface area contributed by atoms with E-state index in [4.69, 9.17) is 0 Å². The molecule has 45 valence electrons. The van der Waals surface area contributed by atoms with Gasteiger partial charge < -0.3 is 9.59 Å². The maximum Gasteiger partial charge on any atom is 0.120 e. The molecule has 0 N–H and O–H groups in total. The van der Waals surface area contributed by atoms with Crippen LogP contribution in [-0.4, -0.2) is 12.6 Å². The van der Waals surface area contributed by atoms with Crippen molar-refractivity contribution in [2.75, 3.05) is 0 Å². The SMILES string of the molecule is O=CCCC=O.[Cu]. The van der Waals surface area contributed by atoms with Crippen molar-refractivity contribution in [1.29, 1.82) is 0 Å². The van der Waals surface area contributed by atoms with E-state index in [1.54, 1.807) is 0 Å². The maximum absolute atomic E-state index is 9.40. The fraction of sp³-hybridized carbons (Fsp3) is 0.500. The summed E-state index contributed by atoms with van der Waals surface area (Å²) >= 11 is 0. The molecule has 0 aliphatic carbocycles. The number of rotatable bonds is 3. The fourth-order valence-corrected chi connectivity index (χ4v) is 0.136. The molecule has 3 heteroatoms. The van der Waals surface area contributed by atoms with Gasteiger partial charge in [-0.15, -0.1) is 0 Å². The van der Waals surface area contributed by atoms with Gasteiger partial charge in [-0.1, -0.05) is 0 Å². The van der Waals surface area contributed by atoms with Crippen LogP contribution < -0.4 is 0 Å². The van der Waals surface area contributed by atoms with Gasteiger partial charge in [-0.3, -0.25) is 0 Å². The molecule has 0 unspecified atom stereocenters. The summed E-state index contributed by atoms with van der Waals surface area (Å²) in [6.07, 6.45) is 2.19. The first kappa shape index (κ1) is 9.97. The van der Waals surface area contributed by atoms with E-state index in [2.05, 4.69) is 0 Å². The summed E-state index contributed by atoms with van der Waals surface area (Å²) in [5.74, 6) is 0. The summed E-state index contributed by atoms with van der Waals surface area (Å²) in [7, 11) is 0. The Bertz CT molecular complexity index is 45.7. The number of hydrogen-bond acceptors (Lipinski definition) is 2. The summed E-state index contributed by atoms with van der Waals surface area (Å²) in [6, 6.07) is 0. The topological polar surface area (TPSA) is 34.1 Å². The molecule has 0 aliphatic heterocycles. The second-order valence-electron chi connectivity index (χ2n) is 0.911. The van der Waals surface area contributed by atoms with Gasteiger partial charge in [-0.25, -0.2) is 0 Å². The van der Waals surface area contributed by atoms with E-state index in [0.29, 0.717) is 12.8 Å². The molecule has 0 fully saturated rings. The number of carbonyl (C=O) groups is 2. The minimum atomic E-state index is 0. The van der Waals surface area contributed by atoms with Crippen molar-refractivity contribution in [2.24, 2.45) is 0 Å². The van der Waals surface area contributed by atoms with Gasteiger partial charge in [0.15, 0.2) is 0 Å². The van der Waals surface area contributed by atoms with E-state index in [0.717, 1.165) is 12.6 Å². The van der Waals surface area contributed by atoms with E-state index in [1.807, 2.05) is 0 Å². The molecule has 0 rings (SSSR count). The average molecular weight is 150 g/mol. The Labute approximate surface area is 52.8 Å². The molecule has 2 nitrogen and oxygen atoms in total. The molecular formula is C4H6CuO2. The molecule has 0 atom stereocenters. The third kappa shape index (κ3) is 10.7. The Morgan fingerprint density at radius 2 is 1.29 bits per heavy atom. The Morgan fingerprint density at radius 3 is 1.43 bits per heavy atom. The molecule has 0 heterocycles. The predicted molar refractivity (Wildman–Crippen MR) is 21.4 cm³/mol. The van der Waals surface area contributed by atoms with E-state index in [1.165, 1.54) is 0 Å². The number of hydrogen-bond donors (Lipinski definition) is 0. The Balaban J connectivity index is 0. The van der Waals surface area contributed by atoms with E-state index in [9.17, 15) is 9.59 Å². The molecule has 0 bridgehead atoms. The van der Waals surface area contributed by atoms with Gasteiger partial charge in [-0.05, 0) is 0 Å². The monoisotopic (exact) mass is 149 g/mol. The molecule has 1 radical (unpaired) electrons. The van der Waals surface area contributed by atoms with Crippen LogP contribution in [0.1, 0.15) is 12.8 Å². The van der Waals surface area contributed by atoms with E-state index >= 15 is 0 Å². The van der Waals surface area contributed by atoms with Crippen LogP contribution in [0, 0.1) is 0 Å². The molecule has 0 aromatic rings. The zero-order chi connectivity index (χ0) is 4.83. The molecule has 0 saturated heterocycles. The van der Waals surface area contributed by atoms with Crippen molar-refractivity contribution in [2.45, 2.75) is 12.8 Å². The summed E-state index contributed by atoms with van der Waals surface area (Å²) < 4.78 is 0. The fourth-order valence-electron chi connectivity index (χ4n) is 0.136. The van der Waals surface area contributed by atoms with Crippen molar-refractivity contribution in [3.63, 3.8) is 0 Å². The molecule has 7 heavy (non-hydrogen) atoms. The molecule has 0 aromatic heterocycles. The largest absolute Gasteiger partial charge is 0.303 e. The quantitative estimate of drug-likeness (QED) is 0.326. The van der Waals surface area contributed by atoms with Crippen LogP contribution >= 0.6 is 0 Å². The third-order valence-corrected chi connectivity index (χ3v) is 0.402. The van der Waals surface area contributed by atoms with Gasteiger partial charge in [-0.2, -0.15) is 0 Å². The van der Waals surface area contributed by atoms with E-state index in [-0.39, 0.29) is 17.1 Å². The van der Waals surface area contributed by atoms with Crippen LogP contribution in [0.5, 0.6) is 0 Å². The first-order chi connectivity index (χ1) is 2.91. The molecule has 0 aromatic carbocycles. The Morgan fingerprint density at radius 1 is 1.00 bits per heavy atom. The summed E-state index contributed by atoms with van der Waals surface area (Å²) in [4.78, 5) is 18.8. The van der Waals surface area contributed by atoms with Crippen molar-refractivity contribution in [3.8, 4) is 0 Å². The summed E-state index contributed by atoms with van der Waals surface area (Å²) in [5.41, 5.74) is 0. The zero-order valence-corrected chi connectivity index (χ0v) is 4.63. The molecule has 0 spiro atoms. The van der Waals surface area contributed by atoms with Crippen molar-refractivity contribution in [1.82, 2.24) is 0 Å². The van der Waals surface area contributed by atoms with Gasteiger partial charge in [0, 0.05) is 29.9 Å². The Kier molecular flexibility index (Phi) is 13.2. The maximum atomic E-state index is 9.40. The predicted octanol–water partition coefficient (Wildman–Crippen LogP) is 0.162. The van der Waals surface area contributed by atoms with Gasteiger partial charge >= 0.3 is 0 Å². The van der Waals surface area contributed by atoms with Crippen LogP contribution in [0.15, 0.2) is 0 Å². The van der Waals surface area contributed by atoms with Crippen LogP contribution in [0.2, 0.25) is 0 Å². The second-order valence-corrected chi connectivity index (χ2v) is 0.911. The summed E-state index contributed by atoms with van der Waals surface area (Å²) in [5, 5.41) is 0. The number of carbonyl (C=O) groups excluding carboxylic acids is 2. The third-order valence-electron chi connectivity index (χ3n) is 0.402. The van der Waals surface area contributed by atoms with Crippen LogP contribution in [-0.2, 0) is 26.7 Å². The first-order valence-corrected chi connectivity index (χ1v) is 1.79. The second kappa shape index (κ2) is 9.29. The molecule has 0 aliphatic rings. The number of unbranched alkanes of at least 4 members (excludes halogenated alkanes) is 1. The smallest absolute Gasteiger partial charge is 0.120 e. The Hall–Kier alpha value is -0.141. The standard InChI is InChI=1S/C4H6O2.Cu/c5-3-1-2-4-6;/h3-4H,1-2H2;. The molecular weight excluding hydrogens is 144 g/mol. The molecule has 0 amide bonds. The number of aldehydes is 2. The molecule has 0 saturated carbocycles. The summed E-state index contributed by atoms with van der Waals surface area (Å²) in [6.45, 7) is 0. The van der Waals surface area contributed by atoms with Crippen LogP contribution in [0.4, 0.5) is 0 Å². The normalized spacial score (nSPS) is 6.29. The van der Waals surface area contributed by atoms with Crippen molar-refractivity contribution in [3.05, 3.63) is 0 Å². The van der Waals surface area contributed by atoms with Gasteiger partial charge in [0.05, 0.1) is 0 Å². The van der Waals surface area contributed by atoms with E-state index < -0.39 is 0 Å².